The first kappa shape index (κ1) is 17.2. The predicted octanol–water partition coefficient (Wildman–Crippen LogP) is 2.99. The molecule has 0 aliphatic heterocycles. The maximum Gasteiger partial charge on any atom is 0.417 e. The summed E-state index contributed by atoms with van der Waals surface area (Å²) in [5, 5.41) is 18.0. The van der Waals surface area contributed by atoms with Crippen molar-refractivity contribution in [3.05, 3.63) is 54.0 Å². The van der Waals surface area contributed by atoms with Gasteiger partial charge in [0.05, 0.1) is 23.1 Å². The Morgan fingerprint density at radius 1 is 1.12 bits per heavy atom. The third kappa shape index (κ3) is 3.71. The molecular weight excluding hydrogens is 353 g/mol. The van der Waals surface area contributed by atoms with Crippen molar-refractivity contribution in [2.24, 2.45) is 10.9 Å². The first-order valence-electron chi connectivity index (χ1n) is 7.08. The van der Waals surface area contributed by atoms with E-state index in [0.29, 0.717) is 5.69 Å². The van der Waals surface area contributed by atoms with Crippen molar-refractivity contribution in [1.82, 2.24) is 15.1 Å². The smallest absolute Gasteiger partial charge is 0.409 e. The molecule has 0 spiro atoms. The maximum absolute atomic E-state index is 12.6. The van der Waals surface area contributed by atoms with E-state index >= 15 is 0 Å². The second kappa shape index (κ2) is 6.70. The van der Waals surface area contributed by atoms with Crippen LogP contribution in [0.15, 0.2) is 52.4 Å². The second-order valence-electron chi connectivity index (χ2n) is 5.05. The van der Waals surface area contributed by atoms with E-state index in [-0.39, 0.29) is 28.8 Å². The Morgan fingerprint density at radius 3 is 2.50 bits per heavy atom. The average Bonchev–Trinajstić information content (AvgIpc) is 3.09. The number of amidine groups is 1. The maximum atomic E-state index is 12.6. The third-order valence-electron chi connectivity index (χ3n) is 3.26. The Morgan fingerprint density at radius 2 is 1.92 bits per heavy atom. The van der Waals surface area contributed by atoms with E-state index < -0.39 is 11.7 Å². The van der Waals surface area contributed by atoms with Gasteiger partial charge >= 0.3 is 6.18 Å². The Labute approximate surface area is 144 Å². The van der Waals surface area contributed by atoms with Crippen LogP contribution in [0.1, 0.15) is 11.3 Å². The summed E-state index contributed by atoms with van der Waals surface area (Å²) in [6.07, 6.45) is -2.30. The number of halogens is 3. The van der Waals surface area contributed by atoms with Gasteiger partial charge in [-0.1, -0.05) is 10.3 Å². The van der Waals surface area contributed by atoms with Crippen molar-refractivity contribution >= 4 is 17.4 Å². The minimum absolute atomic E-state index is 0.133. The van der Waals surface area contributed by atoms with Crippen LogP contribution >= 0.6 is 0 Å². The van der Waals surface area contributed by atoms with Crippen LogP contribution in [0.25, 0.3) is 11.4 Å². The van der Waals surface area contributed by atoms with E-state index in [1.54, 1.807) is 6.07 Å². The fraction of sp³-hybridized carbons (Fsp3) is 0.0667. The van der Waals surface area contributed by atoms with Gasteiger partial charge in [0, 0.05) is 12.3 Å². The summed E-state index contributed by atoms with van der Waals surface area (Å²) in [7, 11) is 0. The molecule has 4 N–H and O–H groups in total. The average molecular weight is 364 g/mol. The predicted molar refractivity (Wildman–Crippen MR) is 84.8 cm³/mol. The van der Waals surface area contributed by atoms with E-state index in [0.717, 1.165) is 12.3 Å². The molecule has 3 aromatic heterocycles. The van der Waals surface area contributed by atoms with Crippen molar-refractivity contribution in [2.75, 3.05) is 5.32 Å². The molecule has 0 fully saturated rings. The molecule has 8 nitrogen and oxygen atoms in total. The van der Waals surface area contributed by atoms with Gasteiger partial charge in [-0.3, -0.25) is 9.97 Å². The van der Waals surface area contributed by atoms with Crippen LogP contribution < -0.4 is 11.1 Å². The lowest BCUT2D eigenvalue weighted by Gasteiger charge is -2.05. The van der Waals surface area contributed by atoms with E-state index in [9.17, 15) is 13.2 Å². The van der Waals surface area contributed by atoms with E-state index in [1.807, 2.05) is 0 Å². The Bertz CT molecular complexity index is 920. The first-order chi connectivity index (χ1) is 12.4. The molecule has 0 saturated heterocycles. The van der Waals surface area contributed by atoms with Crippen molar-refractivity contribution in [2.45, 2.75) is 6.18 Å². The van der Waals surface area contributed by atoms with Crippen molar-refractivity contribution in [3.8, 4) is 11.4 Å². The number of anilines is 2. The number of oxime groups is 1. The van der Waals surface area contributed by atoms with Crippen LogP contribution in [0.3, 0.4) is 0 Å². The number of nitrogens with zero attached hydrogens (tertiary/aromatic N) is 4. The molecule has 0 amide bonds. The number of rotatable bonds is 4. The summed E-state index contributed by atoms with van der Waals surface area (Å²) in [5.41, 5.74) is 5.88. The zero-order valence-corrected chi connectivity index (χ0v) is 12.9. The fourth-order valence-corrected chi connectivity index (χ4v) is 1.98. The van der Waals surface area contributed by atoms with E-state index in [1.165, 1.54) is 24.4 Å². The van der Waals surface area contributed by atoms with Crippen molar-refractivity contribution in [1.29, 1.82) is 0 Å². The van der Waals surface area contributed by atoms with Gasteiger partial charge < -0.3 is 20.8 Å². The summed E-state index contributed by atoms with van der Waals surface area (Å²) in [6.45, 7) is 0. The second-order valence-corrected chi connectivity index (χ2v) is 5.05. The first-order valence-corrected chi connectivity index (χ1v) is 7.08. The summed E-state index contributed by atoms with van der Waals surface area (Å²) < 4.78 is 42.7. The number of hydrogen-bond acceptors (Lipinski definition) is 7. The van der Waals surface area contributed by atoms with Crippen LogP contribution in [0.2, 0.25) is 0 Å². The molecule has 0 aliphatic carbocycles. The molecule has 3 aromatic rings. The standard InChI is InChI=1S/C15H11F3N6O2/c16-15(17,18)8-1-3-10(20-6-8)12-5-13(26-24-12)22-9-2-4-11(21-7-9)14(19)23-25/h1-7,22,25H,(H2,19,23). The number of alkyl halides is 3. The molecule has 0 aromatic carbocycles. The third-order valence-corrected chi connectivity index (χ3v) is 3.26. The fourth-order valence-electron chi connectivity index (χ4n) is 1.98. The largest absolute Gasteiger partial charge is 0.417 e. The van der Waals surface area contributed by atoms with Crippen molar-refractivity contribution < 1.29 is 22.9 Å². The van der Waals surface area contributed by atoms with E-state index in [4.69, 9.17) is 15.5 Å². The van der Waals surface area contributed by atoms with Crippen LogP contribution in [0.5, 0.6) is 0 Å². The molecule has 0 unspecified atom stereocenters. The Hall–Kier alpha value is -3.63. The van der Waals surface area contributed by atoms with Gasteiger partial charge in [-0.05, 0) is 24.3 Å². The highest BCUT2D eigenvalue weighted by atomic mass is 19.4. The zero-order valence-electron chi connectivity index (χ0n) is 12.9. The minimum Gasteiger partial charge on any atom is -0.409 e. The number of nitrogens with one attached hydrogen (secondary N) is 1. The van der Waals surface area contributed by atoms with Gasteiger partial charge in [0.2, 0.25) is 5.88 Å². The molecule has 11 heteroatoms. The summed E-state index contributed by atoms with van der Waals surface area (Å²) >= 11 is 0. The lowest BCUT2D eigenvalue weighted by atomic mass is 10.2. The number of pyridine rings is 2. The van der Waals surface area contributed by atoms with Crippen LogP contribution in [0, 0.1) is 0 Å². The highest BCUT2D eigenvalue weighted by Crippen LogP contribution is 2.30. The van der Waals surface area contributed by atoms with E-state index in [2.05, 4.69) is 25.6 Å². The molecule has 0 bridgehead atoms. The van der Waals surface area contributed by atoms with Gasteiger partial charge in [-0.25, -0.2) is 0 Å². The lowest BCUT2D eigenvalue weighted by Crippen LogP contribution is -2.14. The normalized spacial score (nSPS) is 12.2. The minimum atomic E-state index is -4.45. The van der Waals surface area contributed by atoms with Gasteiger partial charge in [0.15, 0.2) is 5.84 Å². The Kier molecular flexibility index (Phi) is 4.43. The van der Waals surface area contributed by atoms with Gasteiger partial charge in [-0.2, -0.15) is 13.2 Å². The van der Waals surface area contributed by atoms with Gasteiger partial charge in [0.25, 0.3) is 0 Å². The number of hydrogen-bond donors (Lipinski definition) is 3. The molecule has 0 aliphatic rings. The highest BCUT2D eigenvalue weighted by molar-refractivity contribution is 5.95. The van der Waals surface area contributed by atoms with Crippen LogP contribution in [-0.2, 0) is 6.18 Å². The topological polar surface area (TPSA) is 122 Å². The monoisotopic (exact) mass is 364 g/mol. The number of aromatic nitrogens is 3. The van der Waals surface area contributed by atoms with Crippen LogP contribution in [-0.4, -0.2) is 26.2 Å². The molecule has 0 radical (unpaired) electrons. The van der Waals surface area contributed by atoms with Gasteiger partial charge in [0.1, 0.15) is 11.4 Å². The lowest BCUT2D eigenvalue weighted by molar-refractivity contribution is -0.137. The molecule has 0 atom stereocenters. The zero-order chi connectivity index (χ0) is 18.7. The molecule has 3 heterocycles. The molecule has 3 rings (SSSR count). The SMILES string of the molecule is NC(=NO)c1ccc(Nc2cc(-c3ccc(C(F)(F)F)cn3)no2)cn1. The summed E-state index contributed by atoms with van der Waals surface area (Å²) in [4.78, 5) is 7.73. The van der Waals surface area contributed by atoms with Crippen LogP contribution in [0.4, 0.5) is 24.7 Å². The molecule has 26 heavy (non-hydrogen) atoms. The summed E-state index contributed by atoms with van der Waals surface area (Å²) in [5.74, 6) is 0.104. The highest BCUT2D eigenvalue weighted by Gasteiger charge is 2.30. The Balaban J connectivity index is 1.74. The summed E-state index contributed by atoms with van der Waals surface area (Å²) in [6, 6.07) is 6.73. The van der Waals surface area contributed by atoms with Crippen molar-refractivity contribution in [3.63, 3.8) is 0 Å². The molecular formula is C15H11F3N6O2. The van der Waals surface area contributed by atoms with Gasteiger partial charge in [-0.15, -0.1) is 0 Å². The number of nitrogens with two attached hydrogens (primary N) is 1. The quantitative estimate of drug-likeness (QED) is 0.281. The molecule has 0 saturated carbocycles. The molecule has 134 valence electrons.